The van der Waals surface area contributed by atoms with E-state index < -0.39 is 33.8 Å². The van der Waals surface area contributed by atoms with E-state index in [0.29, 0.717) is 12.8 Å². The Morgan fingerprint density at radius 1 is 1.00 bits per heavy atom. The number of carbonyl (C=O) groups is 2. The summed E-state index contributed by atoms with van der Waals surface area (Å²) in [5.41, 5.74) is -0.946. The van der Waals surface area contributed by atoms with Gasteiger partial charge in [0, 0.05) is 38.4 Å². The summed E-state index contributed by atoms with van der Waals surface area (Å²) in [6, 6.07) is 6.61. The smallest absolute Gasteiger partial charge is 0.352 e. The molecular formula is C26H29ClF3N5O4S. The number of hydrogen-bond donors (Lipinski definition) is 0. The number of rotatable bonds is 5. The van der Waals surface area contributed by atoms with Gasteiger partial charge in [-0.25, -0.2) is 22.5 Å². The van der Waals surface area contributed by atoms with E-state index in [4.69, 9.17) is 11.6 Å². The lowest BCUT2D eigenvalue weighted by molar-refractivity contribution is -0.138. The average molecular weight is 600 g/mol. The molecule has 3 heterocycles. The van der Waals surface area contributed by atoms with Crippen LogP contribution in [0.15, 0.2) is 47.5 Å². The molecule has 216 valence electrons. The number of halogens is 4. The minimum atomic E-state index is -4.56. The third-order valence-corrected chi connectivity index (χ3v) is 9.76. The van der Waals surface area contributed by atoms with Crippen molar-refractivity contribution >= 4 is 39.4 Å². The maximum absolute atomic E-state index is 13.8. The summed E-state index contributed by atoms with van der Waals surface area (Å²) in [6.07, 6.45) is 0.353. The van der Waals surface area contributed by atoms with E-state index in [9.17, 15) is 31.2 Å². The molecule has 3 aliphatic rings. The lowest BCUT2D eigenvalue weighted by Crippen LogP contribution is -2.56. The Balaban J connectivity index is 1.34. The van der Waals surface area contributed by atoms with Crippen molar-refractivity contribution < 1.29 is 31.2 Å². The van der Waals surface area contributed by atoms with Gasteiger partial charge in [0.25, 0.3) is 10.0 Å². The number of alkyl halides is 3. The Bertz CT molecular complexity index is 1360. The molecule has 1 unspecified atom stereocenters. The largest absolute Gasteiger partial charge is 0.417 e. The van der Waals surface area contributed by atoms with Crippen molar-refractivity contribution in [3.63, 3.8) is 0 Å². The Morgan fingerprint density at radius 2 is 1.65 bits per heavy atom. The van der Waals surface area contributed by atoms with Crippen molar-refractivity contribution in [3.8, 4) is 0 Å². The Hall–Kier alpha value is -3.06. The molecule has 0 N–H and O–H groups in total. The van der Waals surface area contributed by atoms with Gasteiger partial charge in [-0.1, -0.05) is 49.1 Å². The van der Waals surface area contributed by atoms with E-state index in [0.717, 1.165) is 35.8 Å². The number of anilines is 1. The molecule has 0 radical (unpaired) electrons. The molecular weight excluding hydrogens is 571 g/mol. The minimum absolute atomic E-state index is 0.0189. The number of piperazine rings is 1. The topological polar surface area (TPSA) is 94.1 Å². The number of benzene rings is 1. The van der Waals surface area contributed by atoms with Gasteiger partial charge in [0.15, 0.2) is 0 Å². The molecule has 40 heavy (non-hydrogen) atoms. The molecule has 1 aromatic heterocycles. The van der Waals surface area contributed by atoms with Crippen LogP contribution in [-0.2, 0) is 21.0 Å². The van der Waals surface area contributed by atoms with Crippen molar-refractivity contribution in [2.75, 3.05) is 37.6 Å². The molecule has 14 heteroatoms. The van der Waals surface area contributed by atoms with Crippen LogP contribution in [0, 0.1) is 0 Å². The van der Waals surface area contributed by atoms with Crippen molar-refractivity contribution in [2.24, 2.45) is 0 Å². The molecule has 0 spiro atoms. The quantitative estimate of drug-likeness (QED) is 0.511. The van der Waals surface area contributed by atoms with Crippen molar-refractivity contribution in [1.29, 1.82) is 0 Å². The Morgan fingerprint density at radius 3 is 2.25 bits per heavy atom. The number of pyridine rings is 1. The number of carbonyl (C=O) groups excluding carboxylic acids is 2. The fraction of sp³-hybridized carbons (Fsp3) is 0.500. The van der Waals surface area contributed by atoms with Gasteiger partial charge in [0.05, 0.1) is 22.0 Å². The van der Waals surface area contributed by atoms with Crippen LogP contribution in [0.5, 0.6) is 0 Å². The minimum Gasteiger partial charge on any atom is -0.352 e. The molecule has 1 saturated carbocycles. The molecule has 9 nitrogen and oxygen atoms in total. The fourth-order valence-electron chi connectivity index (χ4n) is 5.64. The Kier molecular flexibility index (Phi) is 7.88. The van der Waals surface area contributed by atoms with Crippen molar-refractivity contribution in [3.05, 3.63) is 53.2 Å². The summed E-state index contributed by atoms with van der Waals surface area (Å²) in [5, 5.41) is -0.138. The first-order valence-electron chi connectivity index (χ1n) is 13.1. The number of amides is 3. The molecule has 1 atom stereocenters. The summed E-state index contributed by atoms with van der Waals surface area (Å²) in [4.78, 5) is 36.0. The standard InChI is InChI=1S/C26H29ClF3N5O4S/c27-21-15-18(26(28,29)30)16-31-23(21)32-11-13-33(14-12-32)24(36)22-17-34(40(38,39)20-9-5-2-6-10-20)25(37)35(22)19-7-3-1-4-8-19/h2,5-6,9-10,15-16,19,22H,1,3-4,7-8,11-14,17H2. The van der Waals surface area contributed by atoms with Crippen LogP contribution < -0.4 is 4.90 Å². The first kappa shape index (κ1) is 28.5. The molecule has 2 aromatic rings. The van der Waals surface area contributed by atoms with Crippen LogP contribution in [0.1, 0.15) is 37.7 Å². The van der Waals surface area contributed by atoms with Gasteiger partial charge < -0.3 is 14.7 Å². The maximum Gasteiger partial charge on any atom is 0.417 e. The zero-order valence-electron chi connectivity index (χ0n) is 21.6. The number of sulfonamides is 1. The molecule has 3 amide bonds. The van der Waals surface area contributed by atoms with E-state index in [1.807, 2.05) is 0 Å². The van der Waals surface area contributed by atoms with Crippen molar-refractivity contribution in [1.82, 2.24) is 19.1 Å². The first-order chi connectivity index (χ1) is 19.0. The highest BCUT2D eigenvalue weighted by Crippen LogP contribution is 2.35. The number of urea groups is 1. The summed E-state index contributed by atoms with van der Waals surface area (Å²) < 4.78 is 66.6. The third-order valence-electron chi connectivity index (χ3n) is 7.73. The first-order valence-corrected chi connectivity index (χ1v) is 15.0. The van der Waals surface area contributed by atoms with Crippen LogP contribution in [0.4, 0.5) is 23.8 Å². The predicted octanol–water partition coefficient (Wildman–Crippen LogP) is 4.23. The van der Waals surface area contributed by atoms with E-state index in [-0.39, 0.29) is 60.4 Å². The summed E-state index contributed by atoms with van der Waals surface area (Å²) in [7, 11) is -4.16. The van der Waals surface area contributed by atoms with E-state index >= 15 is 0 Å². The third kappa shape index (κ3) is 5.45. The summed E-state index contributed by atoms with van der Waals surface area (Å²) in [5.74, 6) is -0.155. The van der Waals surface area contributed by atoms with Gasteiger partial charge in [-0.2, -0.15) is 13.2 Å². The molecule has 2 saturated heterocycles. The van der Waals surface area contributed by atoms with Crippen LogP contribution in [0.2, 0.25) is 5.02 Å². The molecule has 3 fully saturated rings. The van der Waals surface area contributed by atoms with Crippen LogP contribution in [0.25, 0.3) is 0 Å². The molecule has 5 rings (SSSR count). The second-order valence-corrected chi connectivity index (χ2v) is 12.5. The molecule has 2 aliphatic heterocycles. The van der Waals surface area contributed by atoms with E-state index in [1.54, 1.807) is 28.0 Å². The normalized spacial score (nSPS) is 21.3. The van der Waals surface area contributed by atoms with Crippen molar-refractivity contribution in [2.45, 2.75) is 55.3 Å². The highest BCUT2D eigenvalue weighted by atomic mass is 35.5. The lowest BCUT2D eigenvalue weighted by atomic mass is 9.93. The predicted molar refractivity (Wildman–Crippen MR) is 141 cm³/mol. The summed E-state index contributed by atoms with van der Waals surface area (Å²) in [6.45, 7) is 0.677. The molecule has 1 aromatic carbocycles. The van der Waals surface area contributed by atoms with Gasteiger partial charge in [-0.3, -0.25) is 4.79 Å². The maximum atomic E-state index is 13.8. The second-order valence-electron chi connectivity index (χ2n) is 10.2. The van der Waals surface area contributed by atoms with Gasteiger partial charge in [-0.05, 0) is 31.0 Å². The number of nitrogens with zero attached hydrogens (tertiary/aromatic N) is 5. The van der Waals surface area contributed by atoms with Crippen LogP contribution in [0.3, 0.4) is 0 Å². The van der Waals surface area contributed by atoms with Crippen LogP contribution >= 0.6 is 11.6 Å². The Labute approximate surface area is 235 Å². The highest BCUT2D eigenvalue weighted by molar-refractivity contribution is 7.89. The number of hydrogen-bond acceptors (Lipinski definition) is 6. The van der Waals surface area contributed by atoms with Gasteiger partial charge in [0.2, 0.25) is 5.91 Å². The zero-order valence-corrected chi connectivity index (χ0v) is 23.1. The van der Waals surface area contributed by atoms with Gasteiger partial charge in [-0.15, -0.1) is 0 Å². The number of aromatic nitrogens is 1. The van der Waals surface area contributed by atoms with Crippen LogP contribution in [-0.4, -0.2) is 84.3 Å². The highest BCUT2D eigenvalue weighted by Gasteiger charge is 2.50. The second kappa shape index (κ2) is 11.1. The summed E-state index contributed by atoms with van der Waals surface area (Å²) >= 11 is 6.11. The molecule has 0 bridgehead atoms. The monoisotopic (exact) mass is 599 g/mol. The van der Waals surface area contributed by atoms with E-state index in [2.05, 4.69) is 4.98 Å². The van der Waals surface area contributed by atoms with Gasteiger partial charge in [0.1, 0.15) is 11.9 Å². The fourth-order valence-corrected chi connectivity index (χ4v) is 7.32. The van der Waals surface area contributed by atoms with E-state index in [1.165, 1.54) is 17.0 Å². The zero-order chi connectivity index (χ0) is 28.7. The SMILES string of the molecule is O=C(C1CN(S(=O)(=O)c2ccccc2)C(=O)N1C1CCCCC1)N1CCN(c2ncc(C(F)(F)F)cc2Cl)CC1. The molecule has 1 aliphatic carbocycles. The average Bonchev–Trinajstić information content (AvgIpc) is 3.31. The lowest BCUT2D eigenvalue weighted by Gasteiger charge is -2.39. The van der Waals surface area contributed by atoms with Gasteiger partial charge >= 0.3 is 12.2 Å².